The lowest BCUT2D eigenvalue weighted by Crippen LogP contribution is -2.80. The first-order chi connectivity index (χ1) is 21.9. The Morgan fingerprint density at radius 1 is 0.979 bits per heavy atom. The minimum absolute atomic E-state index is 0.301. The molecule has 1 fully saturated rings. The number of aliphatic hydroxyl groups excluding tert-OH is 2. The fourth-order valence-corrected chi connectivity index (χ4v) is 6.70. The van der Waals surface area contributed by atoms with Crippen LogP contribution in [0.2, 0.25) is 0 Å². The molecule has 2 heterocycles. The number of esters is 1. The number of hydrogen-bond donors (Lipinski definition) is 7. The third kappa shape index (κ3) is 4.39. The molecule has 3 unspecified atom stereocenters. The van der Waals surface area contributed by atoms with Gasteiger partial charge in [0.1, 0.15) is 46.3 Å². The van der Waals surface area contributed by atoms with E-state index in [1.54, 1.807) is 0 Å². The molecule has 47 heavy (non-hydrogen) atoms. The van der Waals surface area contributed by atoms with E-state index in [9.17, 15) is 59.4 Å². The quantitative estimate of drug-likeness (QED) is 0.155. The molecule has 0 amide bonds. The molecule has 16 heteroatoms. The van der Waals surface area contributed by atoms with Gasteiger partial charge >= 0.3 is 17.9 Å². The first-order valence-electron chi connectivity index (χ1n) is 14.2. The normalized spacial score (nSPS) is 29.3. The van der Waals surface area contributed by atoms with Crippen molar-refractivity contribution in [3.63, 3.8) is 0 Å². The summed E-state index contributed by atoms with van der Waals surface area (Å²) < 4.78 is 16.0. The van der Waals surface area contributed by atoms with Crippen LogP contribution in [-0.2, 0) is 23.9 Å². The number of carboxylic acid groups (broad SMARTS) is 2. The molecule has 0 saturated heterocycles. The molecule has 0 bridgehead atoms. The lowest BCUT2D eigenvalue weighted by atomic mass is 9.61. The number of Topliss-reactive ketones (excluding diaryl/α,β-unsaturated/α-hetero) is 3. The molecule has 5 rings (SSSR count). The first-order valence-corrected chi connectivity index (χ1v) is 14.2. The minimum atomic E-state index is -3.45. The Hall–Kier alpha value is -5.06. The fourth-order valence-electron chi connectivity index (χ4n) is 6.70. The Labute approximate surface area is 264 Å². The average Bonchev–Trinajstić information content (AvgIpc) is 3.00. The van der Waals surface area contributed by atoms with E-state index in [1.165, 1.54) is 13.8 Å². The van der Waals surface area contributed by atoms with E-state index in [2.05, 4.69) is 0 Å². The first kappa shape index (κ1) is 33.3. The van der Waals surface area contributed by atoms with Crippen molar-refractivity contribution >= 4 is 35.3 Å². The van der Waals surface area contributed by atoms with Crippen LogP contribution in [0.3, 0.4) is 0 Å². The van der Waals surface area contributed by atoms with Crippen LogP contribution in [0.4, 0.5) is 0 Å². The van der Waals surface area contributed by atoms with E-state index < -0.39 is 129 Å². The highest BCUT2D eigenvalue weighted by Crippen LogP contribution is 2.53. The second-order valence-electron chi connectivity index (χ2n) is 12.0. The van der Waals surface area contributed by atoms with Crippen molar-refractivity contribution in [3.8, 4) is 34.1 Å². The van der Waals surface area contributed by atoms with Gasteiger partial charge < -0.3 is 50.0 Å². The average molecular weight is 659 g/mol. The van der Waals surface area contributed by atoms with Crippen molar-refractivity contribution in [2.24, 2.45) is 11.8 Å². The maximum Gasteiger partial charge on any atom is 0.355 e. The van der Waals surface area contributed by atoms with E-state index in [4.69, 9.17) is 19.3 Å². The number of ether oxygens (including phenoxy) is 3. The maximum atomic E-state index is 13.7. The SMILES string of the molecule is COC(=O)[C@@]1(C(O)C(C)CC(=O)O)CC(=O)c2c(ccc(-c3ccc4c(c3O)C(=O)C3(O)C(=O)C[C@@H](C)[C@H](O)[C@@]3(C(=O)O)O4)c2O)O1. The van der Waals surface area contributed by atoms with Crippen molar-refractivity contribution in [2.75, 3.05) is 7.11 Å². The number of carbonyl (C=O) groups excluding carboxylic acids is 4. The highest BCUT2D eigenvalue weighted by molar-refractivity contribution is 6.25. The van der Waals surface area contributed by atoms with Crippen molar-refractivity contribution in [2.45, 2.75) is 62.1 Å². The van der Waals surface area contributed by atoms with Crippen LogP contribution in [0.1, 0.15) is 53.8 Å². The van der Waals surface area contributed by atoms with Gasteiger partial charge in [-0.05, 0) is 36.1 Å². The van der Waals surface area contributed by atoms with Gasteiger partial charge in [-0.25, -0.2) is 9.59 Å². The van der Waals surface area contributed by atoms with Crippen LogP contribution in [0.25, 0.3) is 11.1 Å². The molecule has 2 aromatic carbocycles. The fraction of sp³-hybridized carbons (Fsp3) is 0.419. The van der Waals surface area contributed by atoms with Gasteiger partial charge in [-0.1, -0.05) is 13.8 Å². The van der Waals surface area contributed by atoms with Gasteiger partial charge in [0.2, 0.25) is 17.0 Å². The number of phenols is 2. The standard InChI is InChI=1S/C31H30O16/c1-11-8-18(33)30(44)26(40)21-17(47-31(30,25(11)39)27(41)42)7-5-14(23(21)37)13-4-6-16-20(22(13)36)15(32)10-29(46-16,28(43)45-3)24(38)12(2)9-19(34)35/h4-7,11-12,24-25,36-39,44H,8-10H2,1-3H3,(H,34,35)(H,41,42)/t11-,12?,24?,25+,29+,30?,31+/m1/s1. The highest BCUT2D eigenvalue weighted by Gasteiger charge is 2.76. The summed E-state index contributed by atoms with van der Waals surface area (Å²) >= 11 is 0. The van der Waals surface area contributed by atoms with Crippen LogP contribution in [0.15, 0.2) is 24.3 Å². The number of carbonyl (C=O) groups is 6. The van der Waals surface area contributed by atoms with Gasteiger partial charge in [-0.15, -0.1) is 0 Å². The van der Waals surface area contributed by atoms with Gasteiger partial charge in [-0.3, -0.25) is 19.2 Å². The zero-order valence-electron chi connectivity index (χ0n) is 25.0. The van der Waals surface area contributed by atoms with Crippen molar-refractivity contribution in [1.29, 1.82) is 0 Å². The van der Waals surface area contributed by atoms with Crippen LogP contribution in [0, 0.1) is 11.8 Å². The molecule has 7 atom stereocenters. The number of rotatable bonds is 7. The molecule has 1 aliphatic carbocycles. The number of aliphatic hydroxyl groups is 3. The predicted octanol–water partition coefficient (Wildman–Crippen LogP) is 0.213. The second-order valence-corrected chi connectivity index (χ2v) is 12.0. The summed E-state index contributed by atoms with van der Waals surface area (Å²) in [7, 11) is 0.964. The molecule has 7 N–H and O–H groups in total. The Bertz CT molecular complexity index is 1760. The van der Waals surface area contributed by atoms with Crippen molar-refractivity contribution in [1.82, 2.24) is 0 Å². The van der Waals surface area contributed by atoms with Crippen molar-refractivity contribution in [3.05, 3.63) is 35.4 Å². The number of fused-ring (bicyclic) bond motifs is 3. The number of aromatic hydroxyl groups is 2. The third-order valence-corrected chi connectivity index (χ3v) is 9.16. The lowest BCUT2D eigenvalue weighted by Gasteiger charge is -2.51. The zero-order chi connectivity index (χ0) is 35.0. The van der Waals surface area contributed by atoms with Crippen LogP contribution < -0.4 is 9.47 Å². The smallest absolute Gasteiger partial charge is 0.355 e. The number of phenolic OH excluding ortho intramolecular Hbond substituents is 2. The van der Waals surface area contributed by atoms with Crippen molar-refractivity contribution < 1.29 is 78.7 Å². The molecular weight excluding hydrogens is 628 g/mol. The van der Waals surface area contributed by atoms with Gasteiger partial charge in [0.15, 0.2) is 11.6 Å². The molecule has 0 spiro atoms. The number of aliphatic carboxylic acids is 2. The summed E-state index contributed by atoms with van der Waals surface area (Å²) in [6.45, 7) is 2.64. The monoisotopic (exact) mass is 658 g/mol. The molecule has 2 aromatic rings. The molecule has 2 aliphatic heterocycles. The molecule has 1 saturated carbocycles. The maximum absolute atomic E-state index is 13.7. The van der Waals surface area contributed by atoms with E-state index >= 15 is 0 Å². The van der Waals surface area contributed by atoms with Crippen LogP contribution >= 0.6 is 0 Å². The van der Waals surface area contributed by atoms with Gasteiger partial charge in [-0.2, -0.15) is 0 Å². The predicted molar refractivity (Wildman–Crippen MR) is 152 cm³/mol. The topological polar surface area (TPSA) is 272 Å². The number of carboxylic acids is 2. The van der Waals surface area contributed by atoms with E-state index in [0.29, 0.717) is 0 Å². The Kier molecular flexibility index (Phi) is 7.82. The molecule has 0 radical (unpaired) electrons. The number of hydrogen-bond acceptors (Lipinski definition) is 14. The van der Waals surface area contributed by atoms with Crippen LogP contribution in [0.5, 0.6) is 23.0 Å². The number of methoxy groups -OCH3 is 1. The zero-order valence-corrected chi connectivity index (χ0v) is 25.0. The highest BCUT2D eigenvalue weighted by atomic mass is 16.6. The van der Waals surface area contributed by atoms with E-state index in [0.717, 1.165) is 31.4 Å². The summed E-state index contributed by atoms with van der Waals surface area (Å²) in [6, 6.07) is 4.28. The van der Waals surface area contributed by atoms with E-state index in [-0.39, 0.29) is 11.1 Å². The molecular formula is C31H30O16. The molecule has 250 valence electrons. The molecule has 0 aromatic heterocycles. The summed E-state index contributed by atoms with van der Waals surface area (Å²) in [5.41, 5.74) is -11.0. The van der Waals surface area contributed by atoms with Gasteiger partial charge in [0.05, 0.1) is 20.0 Å². The number of benzene rings is 2. The van der Waals surface area contributed by atoms with Crippen LogP contribution in [-0.4, -0.2) is 107 Å². The number of ketones is 3. The third-order valence-electron chi connectivity index (χ3n) is 9.16. The summed E-state index contributed by atoms with van der Waals surface area (Å²) in [5, 5.41) is 74.9. The largest absolute Gasteiger partial charge is 0.506 e. The Balaban J connectivity index is 1.62. The van der Waals surface area contributed by atoms with Gasteiger partial charge in [0.25, 0.3) is 5.60 Å². The Morgan fingerprint density at radius 2 is 1.53 bits per heavy atom. The van der Waals surface area contributed by atoms with Gasteiger partial charge in [0, 0.05) is 17.5 Å². The lowest BCUT2D eigenvalue weighted by molar-refractivity contribution is -0.217. The Morgan fingerprint density at radius 3 is 2.06 bits per heavy atom. The second kappa shape index (κ2) is 11.0. The molecule has 3 aliphatic rings. The summed E-state index contributed by atoms with van der Waals surface area (Å²) in [6.07, 6.45) is -5.97. The summed E-state index contributed by atoms with van der Waals surface area (Å²) in [5.74, 6) is -13.3. The minimum Gasteiger partial charge on any atom is -0.506 e. The summed E-state index contributed by atoms with van der Waals surface area (Å²) in [4.78, 5) is 76.8. The van der Waals surface area contributed by atoms with E-state index in [1.807, 2.05) is 0 Å². The molecule has 16 nitrogen and oxygen atoms in total.